The van der Waals surface area contributed by atoms with Crippen LogP contribution in [0.4, 0.5) is 10.3 Å². The molecule has 0 radical (unpaired) electrons. The number of halogens is 1. The smallest absolute Gasteiger partial charge is 0.270 e. The van der Waals surface area contributed by atoms with E-state index < -0.39 is 0 Å². The first-order valence-electron chi connectivity index (χ1n) is 9.82. The van der Waals surface area contributed by atoms with Crippen molar-refractivity contribution in [2.45, 2.75) is 19.4 Å². The zero-order valence-corrected chi connectivity index (χ0v) is 17.2. The molecule has 7 nitrogen and oxygen atoms in total. The van der Waals surface area contributed by atoms with E-state index >= 15 is 0 Å². The molecule has 156 valence electrons. The summed E-state index contributed by atoms with van der Waals surface area (Å²) in [5, 5.41) is 3.06. The van der Waals surface area contributed by atoms with E-state index in [0.29, 0.717) is 44.4 Å². The number of amides is 1. The fourth-order valence-electron chi connectivity index (χ4n) is 3.21. The molecule has 1 aromatic heterocycles. The molecule has 3 rings (SSSR count). The van der Waals surface area contributed by atoms with Crippen molar-refractivity contribution in [1.29, 1.82) is 0 Å². The van der Waals surface area contributed by atoms with Gasteiger partial charge in [0.05, 0.1) is 19.3 Å². The highest BCUT2D eigenvalue weighted by atomic mass is 19.1. The Balaban J connectivity index is 1.79. The molecule has 1 unspecified atom stereocenters. The fraction of sp³-hybridized carbons (Fsp3) is 0.476. The molecule has 0 aliphatic carbocycles. The number of ether oxygens (including phenoxy) is 1. The number of aryl methyl sites for hydroxylation is 1. The predicted octanol–water partition coefficient (Wildman–Crippen LogP) is 2.18. The van der Waals surface area contributed by atoms with Crippen molar-refractivity contribution in [3.8, 4) is 0 Å². The lowest BCUT2D eigenvalue weighted by atomic mass is 10.0. The van der Waals surface area contributed by atoms with E-state index in [2.05, 4.69) is 15.3 Å². The normalized spacial score (nSPS) is 15.4. The maximum Gasteiger partial charge on any atom is 0.270 e. The van der Waals surface area contributed by atoms with Gasteiger partial charge in [-0.1, -0.05) is 12.1 Å². The van der Waals surface area contributed by atoms with E-state index in [1.807, 2.05) is 30.8 Å². The van der Waals surface area contributed by atoms with Gasteiger partial charge in [-0.05, 0) is 57.7 Å². The first-order chi connectivity index (χ1) is 13.9. The Hall–Kier alpha value is -2.58. The predicted molar refractivity (Wildman–Crippen MR) is 110 cm³/mol. The van der Waals surface area contributed by atoms with E-state index in [1.54, 1.807) is 18.2 Å². The first-order valence-corrected chi connectivity index (χ1v) is 9.82. The molecule has 0 spiro atoms. The molecule has 1 aliphatic rings. The molecule has 2 aromatic rings. The van der Waals surface area contributed by atoms with Crippen molar-refractivity contribution < 1.29 is 13.9 Å². The Labute approximate surface area is 170 Å². The zero-order chi connectivity index (χ0) is 20.8. The van der Waals surface area contributed by atoms with Crippen LogP contribution in [0.3, 0.4) is 0 Å². The number of morpholine rings is 1. The average Bonchev–Trinajstić information content (AvgIpc) is 2.71. The molecule has 0 saturated carbocycles. The standard InChI is InChI=1S/C21H28FN5O2/c1-15-14-19(25-21(23-15)27-10-12-29-13-11-27)20(28)24-18(8-9-26(2)3)16-4-6-17(22)7-5-16/h4-7,14,18H,8-13H2,1-3H3,(H,24,28). The maximum atomic E-state index is 13.3. The molecule has 1 aliphatic heterocycles. The quantitative estimate of drug-likeness (QED) is 0.767. The minimum absolute atomic E-state index is 0.243. The number of anilines is 1. The lowest BCUT2D eigenvalue weighted by Crippen LogP contribution is -2.38. The lowest BCUT2D eigenvalue weighted by Gasteiger charge is -2.27. The SMILES string of the molecule is Cc1cc(C(=O)NC(CCN(C)C)c2ccc(F)cc2)nc(N2CCOCC2)n1. The summed E-state index contributed by atoms with van der Waals surface area (Å²) >= 11 is 0. The third-order valence-corrected chi connectivity index (χ3v) is 4.81. The van der Waals surface area contributed by atoms with Crippen LogP contribution in [-0.4, -0.2) is 67.7 Å². The number of hydrogen-bond acceptors (Lipinski definition) is 6. The van der Waals surface area contributed by atoms with Crippen molar-refractivity contribution in [1.82, 2.24) is 20.2 Å². The highest BCUT2D eigenvalue weighted by Gasteiger charge is 2.20. The summed E-state index contributed by atoms with van der Waals surface area (Å²) < 4.78 is 18.7. The largest absolute Gasteiger partial charge is 0.378 e. The van der Waals surface area contributed by atoms with Crippen molar-refractivity contribution in [2.24, 2.45) is 0 Å². The summed E-state index contributed by atoms with van der Waals surface area (Å²) in [6, 6.07) is 7.69. The van der Waals surface area contributed by atoms with Crippen LogP contribution in [0.2, 0.25) is 0 Å². The Bertz CT molecular complexity index is 822. The number of hydrogen-bond donors (Lipinski definition) is 1. The number of carbonyl (C=O) groups excluding carboxylic acids is 1. The van der Waals surface area contributed by atoms with Crippen LogP contribution in [0.1, 0.15) is 34.2 Å². The van der Waals surface area contributed by atoms with Crippen LogP contribution in [0.15, 0.2) is 30.3 Å². The summed E-state index contributed by atoms with van der Waals surface area (Å²) in [6.45, 7) is 5.28. The summed E-state index contributed by atoms with van der Waals surface area (Å²) in [5.41, 5.74) is 1.93. The first kappa shape index (κ1) is 21.1. The average molecular weight is 401 g/mol. The number of rotatable bonds is 7. The van der Waals surface area contributed by atoms with Crippen molar-refractivity contribution in [2.75, 3.05) is 51.8 Å². The van der Waals surface area contributed by atoms with Gasteiger partial charge in [-0.25, -0.2) is 14.4 Å². The molecule has 1 atom stereocenters. The van der Waals surface area contributed by atoms with Gasteiger partial charge in [0.1, 0.15) is 11.5 Å². The number of nitrogens with zero attached hydrogens (tertiary/aromatic N) is 4. The minimum atomic E-state index is -0.298. The second kappa shape index (κ2) is 9.76. The third kappa shape index (κ3) is 5.95. The van der Waals surface area contributed by atoms with E-state index in [-0.39, 0.29) is 17.8 Å². The molecule has 0 bridgehead atoms. The molecule has 1 fully saturated rings. The molecule has 1 saturated heterocycles. The van der Waals surface area contributed by atoms with Crippen molar-refractivity contribution in [3.63, 3.8) is 0 Å². The highest BCUT2D eigenvalue weighted by molar-refractivity contribution is 5.93. The topological polar surface area (TPSA) is 70.6 Å². The van der Waals surface area contributed by atoms with Crippen LogP contribution in [0.25, 0.3) is 0 Å². The molecular formula is C21H28FN5O2. The Kier molecular flexibility index (Phi) is 7.11. The van der Waals surface area contributed by atoms with Crippen LogP contribution >= 0.6 is 0 Å². The Morgan fingerprint density at radius 2 is 1.93 bits per heavy atom. The zero-order valence-electron chi connectivity index (χ0n) is 17.2. The Morgan fingerprint density at radius 1 is 1.24 bits per heavy atom. The second-order valence-corrected chi connectivity index (χ2v) is 7.46. The summed E-state index contributed by atoms with van der Waals surface area (Å²) in [7, 11) is 3.96. The van der Waals surface area contributed by atoms with Gasteiger partial charge in [0.15, 0.2) is 0 Å². The summed E-state index contributed by atoms with van der Waals surface area (Å²) in [6.07, 6.45) is 0.699. The van der Waals surface area contributed by atoms with Crippen LogP contribution in [0, 0.1) is 12.7 Å². The molecule has 29 heavy (non-hydrogen) atoms. The van der Waals surface area contributed by atoms with E-state index in [4.69, 9.17) is 4.74 Å². The molecule has 2 heterocycles. The van der Waals surface area contributed by atoms with Gasteiger partial charge in [0, 0.05) is 18.8 Å². The number of carbonyl (C=O) groups is 1. The van der Waals surface area contributed by atoms with Gasteiger partial charge in [0.2, 0.25) is 5.95 Å². The summed E-state index contributed by atoms with van der Waals surface area (Å²) in [5.74, 6) is -0.0174. The van der Waals surface area contributed by atoms with Gasteiger partial charge < -0.3 is 19.9 Å². The Morgan fingerprint density at radius 3 is 2.59 bits per heavy atom. The maximum absolute atomic E-state index is 13.3. The number of nitrogens with one attached hydrogen (secondary N) is 1. The van der Waals surface area contributed by atoms with E-state index in [0.717, 1.165) is 17.8 Å². The van der Waals surface area contributed by atoms with Crippen molar-refractivity contribution in [3.05, 3.63) is 53.1 Å². The van der Waals surface area contributed by atoms with Gasteiger partial charge in [-0.15, -0.1) is 0 Å². The van der Waals surface area contributed by atoms with Crippen LogP contribution in [0.5, 0.6) is 0 Å². The summed E-state index contributed by atoms with van der Waals surface area (Å²) in [4.78, 5) is 26.0. The van der Waals surface area contributed by atoms with Gasteiger partial charge in [0.25, 0.3) is 5.91 Å². The van der Waals surface area contributed by atoms with E-state index in [9.17, 15) is 9.18 Å². The third-order valence-electron chi connectivity index (χ3n) is 4.81. The van der Waals surface area contributed by atoms with Gasteiger partial charge >= 0.3 is 0 Å². The fourth-order valence-corrected chi connectivity index (χ4v) is 3.21. The van der Waals surface area contributed by atoms with Crippen LogP contribution < -0.4 is 10.2 Å². The second-order valence-electron chi connectivity index (χ2n) is 7.46. The molecular weight excluding hydrogens is 373 g/mol. The monoisotopic (exact) mass is 401 g/mol. The molecule has 1 amide bonds. The highest BCUT2D eigenvalue weighted by Crippen LogP contribution is 2.19. The van der Waals surface area contributed by atoms with Gasteiger partial charge in [-0.3, -0.25) is 4.79 Å². The van der Waals surface area contributed by atoms with Gasteiger partial charge in [-0.2, -0.15) is 0 Å². The van der Waals surface area contributed by atoms with Crippen LogP contribution in [-0.2, 0) is 4.74 Å². The molecule has 1 aromatic carbocycles. The number of benzene rings is 1. The van der Waals surface area contributed by atoms with Crippen molar-refractivity contribution >= 4 is 11.9 Å². The minimum Gasteiger partial charge on any atom is -0.378 e. The lowest BCUT2D eigenvalue weighted by molar-refractivity contribution is 0.0927. The van der Waals surface area contributed by atoms with E-state index in [1.165, 1.54) is 12.1 Å². The number of aromatic nitrogens is 2. The molecule has 1 N–H and O–H groups in total. The molecule has 8 heteroatoms.